The maximum atomic E-state index is 2.54. The molecule has 3 aromatic carbocycles. The molecule has 0 aromatic heterocycles. The highest BCUT2D eigenvalue weighted by Gasteiger charge is 2.16. The lowest BCUT2D eigenvalue weighted by atomic mass is 9.86. The van der Waals surface area contributed by atoms with Crippen LogP contribution in [0, 0.1) is 10.4 Å². The van der Waals surface area contributed by atoms with Crippen LogP contribution in [-0.2, 0) is 12.8 Å². The lowest BCUT2D eigenvalue weighted by molar-refractivity contribution is 0.687. The number of benzene rings is 3. The standard InChI is InChI=1S/C40H30/c1-2-6-15-29(14-5-1)38-35-25-31-18-9-10-19-32(31)26-36(35)39(30-16-7-3-4-8-17-30)40-33-22-12-21-28-20-11-13-27(23-34(28)33)24-37(38)40/h1-8,11-17,20-26H,9-10,18-19H2. The Balaban J connectivity index is 1.80. The summed E-state index contributed by atoms with van der Waals surface area (Å²) in [7, 11) is 0. The van der Waals surface area contributed by atoms with Crippen molar-refractivity contribution in [3.05, 3.63) is 169 Å². The molecule has 190 valence electrons. The van der Waals surface area contributed by atoms with Gasteiger partial charge in [0.05, 0.1) is 0 Å². The van der Waals surface area contributed by atoms with Crippen LogP contribution in [0.5, 0.6) is 0 Å². The van der Waals surface area contributed by atoms with Crippen molar-refractivity contribution in [2.45, 2.75) is 25.7 Å². The van der Waals surface area contributed by atoms with Crippen LogP contribution in [0.4, 0.5) is 0 Å². The van der Waals surface area contributed by atoms with Gasteiger partial charge in [-0.2, -0.15) is 0 Å². The molecule has 40 heavy (non-hydrogen) atoms. The number of hydrogen-bond donors (Lipinski definition) is 0. The second-order valence-corrected chi connectivity index (χ2v) is 11.2. The molecule has 0 nitrogen and oxygen atoms in total. The molecule has 8 rings (SSSR count). The Kier molecular flexibility index (Phi) is 5.52. The summed E-state index contributed by atoms with van der Waals surface area (Å²) >= 11 is 0. The molecule has 0 amide bonds. The zero-order chi connectivity index (χ0) is 26.5. The van der Waals surface area contributed by atoms with Crippen molar-refractivity contribution in [1.29, 1.82) is 0 Å². The molecule has 0 saturated carbocycles. The van der Waals surface area contributed by atoms with Gasteiger partial charge >= 0.3 is 0 Å². The normalized spacial score (nSPS) is 17.9. The molecule has 0 heteroatoms. The van der Waals surface area contributed by atoms with E-state index in [-0.39, 0.29) is 0 Å². The molecule has 0 fully saturated rings. The van der Waals surface area contributed by atoms with E-state index in [9.17, 15) is 0 Å². The summed E-state index contributed by atoms with van der Waals surface area (Å²) in [6.45, 7) is 0. The third-order valence-corrected chi connectivity index (χ3v) is 8.75. The second kappa shape index (κ2) is 9.50. The number of allylic oxidation sites excluding steroid dienone is 15. The van der Waals surface area contributed by atoms with Crippen LogP contribution >= 0.6 is 0 Å². The highest BCUT2D eigenvalue weighted by atomic mass is 14.2. The summed E-state index contributed by atoms with van der Waals surface area (Å²) in [5, 5.41) is 10.6. The molecule has 0 aliphatic heterocycles. The van der Waals surface area contributed by atoms with Crippen molar-refractivity contribution in [1.82, 2.24) is 0 Å². The van der Waals surface area contributed by atoms with Gasteiger partial charge in [-0.25, -0.2) is 0 Å². The number of aryl methyl sites for hydroxylation is 2. The average Bonchev–Trinajstić information content (AvgIpc) is 3.53. The predicted molar refractivity (Wildman–Crippen MR) is 171 cm³/mol. The van der Waals surface area contributed by atoms with E-state index in [0.29, 0.717) is 0 Å². The molecule has 0 atom stereocenters. The summed E-state index contributed by atoms with van der Waals surface area (Å²) < 4.78 is 0. The Labute approximate surface area is 234 Å². The highest BCUT2D eigenvalue weighted by molar-refractivity contribution is 5.93. The Morgan fingerprint density at radius 3 is 1.77 bits per heavy atom. The van der Waals surface area contributed by atoms with Crippen LogP contribution < -0.4 is 20.9 Å². The van der Waals surface area contributed by atoms with Gasteiger partial charge in [-0.3, -0.25) is 0 Å². The van der Waals surface area contributed by atoms with Gasteiger partial charge in [0.25, 0.3) is 0 Å². The highest BCUT2D eigenvalue weighted by Crippen LogP contribution is 2.25. The molecular weight excluding hydrogens is 480 g/mol. The molecule has 0 N–H and O–H groups in total. The first-order valence-electron chi connectivity index (χ1n) is 14.5. The van der Waals surface area contributed by atoms with E-state index in [1.54, 1.807) is 0 Å². The van der Waals surface area contributed by atoms with E-state index < -0.39 is 0 Å². The van der Waals surface area contributed by atoms with Crippen molar-refractivity contribution in [3.63, 3.8) is 0 Å². The van der Waals surface area contributed by atoms with Gasteiger partial charge in [-0.05, 0) is 113 Å². The van der Waals surface area contributed by atoms with Gasteiger partial charge in [0, 0.05) is 0 Å². The SMILES string of the molecule is C1=CC=CC(=c2c3c(c(=C4C=CC=CC=C4)c4cc5c(cc24)CCCC5)=c2cccc4c2=CC(=CC=C4)C=3)C=C1. The van der Waals surface area contributed by atoms with Crippen molar-refractivity contribution in [2.24, 2.45) is 0 Å². The van der Waals surface area contributed by atoms with Gasteiger partial charge in [0.1, 0.15) is 0 Å². The molecular formula is C40H30. The predicted octanol–water partition coefficient (Wildman–Crippen LogP) is 6.20. The second-order valence-electron chi connectivity index (χ2n) is 11.2. The largest absolute Gasteiger partial charge is 0.0622 e. The summed E-state index contributed by atoms with van der Waals surface area (Å²) in [5.74, 6) is 0. The lowest BCUT2D eigenvalue weighted by Gasteiger charge is -2.18. The van der Waals surface area contributed by atoms with Gasteiger partial charge in [-0.15, -0.1) is 0 Å². The van der Waals surface area contributed by atoms with Crippen LogP contribution in [0.3, 0.4) is 0 Å². The van der Waals surface area contributed by atoms with Crippen molar-refractivity contribution in [2.75, 3.05) is 0 Å². The molecule has 0 spiro atoms. The van der Waals surface area contributed by atoms with Crippen LogP contribution in [0.2, 0.25) is 0 Å². The molecule has 5 aliphatic carbocycles. The van der Waals surface area contributed by atoms with Crippen molar-refractivity contribution in [3.8, 4) is 0 Å². The van der Waals surface area contributed by atoms with Gasteiger partial charge in [-0.1, -0.05) is 121 Å². The molecule has 5 aliphatic rings. The smallest absolute Gasteiger partial charge is 0.00137 e. The minimum Gasteiger partial charge on any atom is -0.0622 e. The summed E-state index contributed by atoms with van der Waals surface area (Å²) in [4.78, 5) is 0. The molecule has 0 saturated heterocycles. The Morgan fingerprint density at radius 2 is 1.10 bits per heavy atom. The minimum absolute atomic E-state index is 1.16. The van der Waals surface area contributed by atoms with E-state index in [1.165, 1.54) is 94.8 Å². The molecule has 0 unspecified atom stereocenters. The zero-order valence-corrected chi connectivity index (χ0v) is 22.5. The number of hydrogen-bond acceptors (Lipinski definition) is 0. The first-order chi connectivity index (χ1) is 19.8. The molecule has 3 aromatic rings. The fraction of sp³-hybridized carbons (Fsp3) is 0.100. The van der Waals surface area contributed by atoms with Gasteiger partial charge in [0.2, 0.25) is 0 Å². The summed E-state index contributed by atoms with van der Waals surface area (Å²) in [6, 6.07) is 11.9. The van der Waals surface area contributed by atoms with Crippen molar-refractivity contribution < 1.29 is 0 Å². The average molecular weight is 511 g/mol. The minimum atomic E-state index is 1.16. The lowest BCUT2D eigenvalue weighted by Crippen LogP contribution is -2.36. The maximum absolute atomic E-state index is 2.54. The summed E-state index contributed by atoms with van der Waals surface area (Å²) in [5.41, 5.74) is 8.07. The fourth-order valence-electron chi connectivity index (χ4n) is 6.95. The topological polar surface area (TPSA) is 0 Å². The maximum Gasteiger partial charge on any atom is -0.00137 e. The zero-order valence-electron chi connectivity index (χ0n) is 22.5. The quantitative estimate of drug-likeness (QED) is 0.338. The number of rotatable bonds is 0. The Morgan fingerprint density at radius 1 is 0.500 bits per heavy atom. The van der Waals surface area contributed by atoms with E-state index >= 15 is 0 Å². The Bertz CT molecular complexity index is 2200. The van der Waals surface area contributed by atoms with Crippen LogP contribution in [0.1, 0.15) is 29.5 Å². The van der Waals surface area contributed by atoms with Crippen LogP contribution in [0.25, 0.3) is 40.1 Å². The third kappa shape index (κ3) is 3.75. The van der Waals surface area contributed by atoms with E-state index in [4.69, 9.17) is 0 Å². The van der Waals surface area contributed by atoms with Crippen LogP contribution in [0.15, 0.2) is 121 Å². The van der Waals surface area contributed by atoms with E-state index in [1.807, 2.05) is 0 Å². The molecule has 0 radical (unpaired) electrons. The van der Waals surface area contributed by atoms with Crippen LogP contribution in [-0.4, -0.2) is 0 Å². The van der Waals surface area contributed by atoms with E-state index in [0.717, 1.165) is 6.42 Å². The fourth-order valence-corrected chi connectivity index (χ4v) is 6.95. The first-order valence-corrected chi connectivity index (χ1v) is 14.5. The monoisotopic (exact) mass is 510 g/mol. The molecule has 0 heterocycles. The first kappa shape index (κ1) is 23.2. The number of fused-ring (bicyclic) bond motifs is 4. The van der Waals surface area contributed by atoms with Gasteiger partial charge < -0.3 is 0 Å². The Hall–Kier alpha value is -4.68. The van der Waals surface area contributed by atoms with E-state index in [2.05, 4.69) is 134 Å². The third-order valence-electron chi connectivity index (χ3n) is 8.75. The van der Waals surface area contributed by atoms with Crippen molar-refractivity contribution >= 4 is 40.1 Å². The van der Waals surface area contributed by atoms with Gasteiger partial charge in [0.15, 0.2) is 0 Å². The molecule has 2 bridgehead atoms. The summed E-state index contributed by atoms with van der Waals surface area (Å²) in [6.07, 6.45) is 42.7.